The quantitative estimate of drug-likeness (QED) is 0.463. The van der Waals surface area contributed by atoms with Gasteiger partial charge in [-0.25, -0.2) is 9.59 Å². The summed E-state index contributed by atoms with van der Waals surface area (Å²) >= 11 is 0. The van der Waals surface area contributed by atoms with Crippen LogP contribution < -0.4 is 15.4 Å². The smallest absolute Gasteiger partial charge is 0.444 e. The minimum atomic E-state index is -0.798. The Bertz CT molecular complexity index is 592. The van der Waals surface area contributed by atoms with Crippen molar-refractivity contribution < 1.29 is 28.6 Å². The lowest BCUT2D eigenvalue weighted by molar-refractivity contribution is 0.0526. The minimum Gasteiger partial charge on any atom is -0.444 e. The molecule has 2 amide bonds. The zero-order valence-electron chi connectivity index (χ0n) is 14.9. The van der Waals surface area contributed by atoms with Crippen molar-refractivity contribution in [2.24, 2.45) is 0 Å². The minimum absolute atomic E-state index is 0.219. The number of amides is 2. The van der Waals surface area contributed by atoms with Crippen LogP contribution in [0.4, 0.5) is 9.59 Å². The van der Waals surface area contributed by atoms with E-state index in [1.807, 2.05) is 0 Å². The molecule has 0 aromatic heterocycles. The third-order valence-electron chi connectivity index (χ3n) is 2.66. The van der Waals surface area contributed by atoms with Crippen LogP contribution >= 0.6 is 0 Å². The molecule has 1 aromatic rings. The number of benzene rings is 1. The summed E-state index contributed by atoms with van der Waals surface area (Å²) < 4.78 is 14.6. The van der Waals surface area contributed by atoms with Crippen LogP contribution in [0.2, 0.25) is 0 Å². The van der Waals surface area contributed by atoms with Crippen molar-refractivity contribution >= 4 is 18.2 Å². The molecule has 8 nitrogen and oxygen atoms in total. The van der Waals surface area contributed by atoms with Crippen LogP contribution in [-0.4, -0.2) is 43.5 Å². The van der Waals surface area contributed by atoms with Crippen LogP contribution in [0.1, 0.15) is 38.1 Å². The van der Waals surface area contributed by atoms with Gasteiger partial charge in [-0.1, -0.05) is 0 Å². The van der Waals surface area contributed by atoms with Crippen molar-refractivity contribution in [2.45, 2.75) is 33.3 Å². The van der Waals surface area contributed by atoms with Gasteiger partial charge < -0.3 is 24.8 Å². The highest BCUT2D eigenvalue weighted by atomic mass is 16.7. The summed E-state index contributed by atoms with van der Waals surface area (Å²) in [6.45, 7) is 7.68. The Labute approximate surface area is 146 Å². The number of alkyl carbamates (subject to hydrolysis) is 1. The monoisotopic (exact) mass is 352 g/mol. The fourth-order valence-corrected chi connectivity index (χ4v) is 1.67. The second kappa shape index (κ2) is 9.51. The van der Waals surface area contributed by atoms with Gasteiger partial charge in [0, 0.05) is 18.7 Å². The summed E-state index contributed by atoms with van der Waals surface area (Å²) in [5.74, 6) is -0.0322. The molecule has 2 N–H and O–H groups in total. The molecule has 0 aliphatic heterocycles. The fourth-order valence-electron chi connectivity index (χ4n) is 1.67. The Morgan fingerprint density at radius 3 is 2.16 bits per heavy atom. The first-order chi connectivity index (χ1) is 11.7. The lowest BCUT2D eigenvalue weighted by atomic mass is 10.2. The van der Waals surface area contributed by atoms with Gasteiger partial charge in [0.05, 0.1) is 6.61 Å². The largest absolute Gasteiger partial charge is 0.513 e. The zero-order chi connectivity index (χ0) is 18.9. The first-order valence-corrected chi connectivity index (χ1v) is 7.91. The van der Waals surface area contributed by atoms with E-state index in [0.29, 0.717) is 5.56 Å². The number of rotatable bonds is 6. The number of carbonyl (C=O) groups excluding carboxylic acids is 3. The lowest BCUT2D eigenvalue weighted by Gasteiger charge is -2.19. The van der Waals surface area contributed by atoms with Gasteiger partial charge >= 0.3 is 12.2 Å². The van der Waals surface area contributed by atoms with Gasteiger partial charge in [-0.05, 0) is 52.0 Å². The Hall–Kier alpha value is -2.77. The third-order valence-corrected chi connectivity index (χ3v) is 2.66. The van der Waals surface area contributed by atoms with E-state index in [1.165, 1.54) is 24.3 Å². The normalized spacial score (nSPS) is 10.6. The molecular weight excluding hydrogens is 328 g/mol. The molecule has 25 heavy (non-hydrogen) atoms. The van der Waals surface area contributed by atoms with Crippen molar-refractivity contribution in [1.82, 2.24) is 10.6 Å². The Morgan fingerprint density at radius 1 is 1.00 bits per heavy atom. The average Bonchev–Trinajstić information content (AvgIpc) is 2.50. The summed E-state index contributed by atoms with van der Waals surface area (Å²) in [4.78, 5) is 34.6. The molecule has 0 saturated carbocycles. The van der Waals surface area contributed by atoms with Gasteiger partial charge in [0.25, 0.3) is 5.91 Å². The first-order valence-electron chi connectivity index (χ1n) is 7.91. The molecule has 0 saturated heterocycles. The molecule has 0 unspecified atom stereocenters. The van der Waals surface area contributed by atoms with Gasteiger partial charge in [0.1, 0.15) is 11.4 Å². The standard InChI is InChI=1S/C17H24N2O6/c1-5-23-16(22)24-13-8-6-12(7-9-13)14(20)18-10-11-19-15(21)25-17(2,3)4/h6-9H,5,10-11H2,1-4H3,(H,18,20)(H,19,21). The van der Waals surface area contributed by atoms with Crippen molar-refractivity contribution in [3.8, 4) is 5.75 Å². The topological polar surface area (TPSA) is 103 Å². The number of hydrogen-bond donors (Lipinski definition) is 2. The molecule has 0 radical (unpaired) electrons. The highest BCUT2D eigenvalue weighted by Gasteiger charge is 2.15. The van der Waals surface area contributed by atoms with Crippen molar-refractivity contribution in [2.75, 3.05) is 19.7 Å². The van der Waals surface area contributed by atoms with E-state index in [0.717, 1.165) is 0 Å². The molecule has 1 aromatic carbocycles. The van der Waals surface area contributed by atoms with Crippen LogP contribution in [0.3, 0.4) is 0 Å². The van der Waals surface area contributed by atoms with E-state index in [9.17, 15) is 14.4 Å². The van der Waals surface area contributed by atoms with Crippen LogP contribution in [0.15, 0.2) is 24.3 Å². The average molecular weight is 352 g/mol. The summed E-state index contributed by atoms with van der Waals surface area (Å²) in [5, 5.41) is 5.20. The maximum Gasteiger partial charge on any atom is 0.513 e. The molecule has 0 spiro atoms. The van der Waals surface area contributed by atoms with Crippen LogP contribution in [-0.2, 0) is 9.47 Å². The third kappa shape index (κ3) is 8.59. The second-order valence-electron chi connectivity index (χ2n) is 5.99. The molecule has 0 heterocycles. The van der Waals surface area contributed by atoms with Crippen molar-refractivity contribution in [3.63, 3.8) is 0 Å². The van der Waals surface area contributed by atoms with E-state index >= 15 is 0 Å². The van der Waals surface area contributed by atoms with E-state index in [2.05, 4.69) is 15.4 Å². The predicted octanol–water partition coefficient (Wildman–Crippen LogP) is 2.48. The van der Waals surface area contributed by atoms with Gasteiger partial charge in [-0.3, -0.25) is 4.79 Å². The predicted molar refractivity (Wildman–Crippen MR) is 90.7 cm³/mol. The van der Waals surface area contributed by atoms with E-state index in [-0.39, 0.29) is 31.4 Å². The maximum absolute atomic E-state index is 12.0. The summed E-state index contributed by atoms with van der Waals surface area (Å²) in [7, 11) is 0. The Balaban J connectivity index is 2.35. The van der Waals surface area contributed by atoms with Crippen LogP contribution in [0.5, 0.6) is 5.75 Å². The maximum atomic E-state index is 12.0. The molecule has 1 rings (SSSR count). The number of hydrogen-bond acceptors (Lipinski definition) is 6. The summed E-state index contributed by atoms with van der Waals surface area (Å²) in [6.07, 6.45) is -1.34. The SMILES string of the molecule is CCOC(=O)Oc1ccc(C(=O)NCCNC(=O)OC(C)(C)C)cc1. The molecule has 0 atom stereocenters. The highest BCUT2D eigenvalue weighted by Crippen LogP contribution is 2.13. The zero-order valence-corrected chi connectivity index (χ0v) is 14.9. The van der Waals surface area contributed by atoms with E-state index in [1.54, 1.807) is 27.7 Å². The first kappa shape index (κ1) is 20.3. The molecule has 0 aliphatic carbocycles. The van der Waals surface area contributed by atoms with Crippen molar-refractivity contribution in [3.05, 3.63) is 29.8 Å². The van der Waals surface area contributed by atoms with Crippen LogP contribution in [0, 0.1) is 0 Å². The molecule has 0 fully saturated rings. The van der Waals surface area contributed by atoms with Gasteiger partial charge in [0.2, 0.25) is 0 Å². The van der Waals surface area contributed by atoms with Gasteiger partial charge in [-0.15, -0.1) is 0 Å². The molecule has 0 bridgehead atoms. The van der Waals surface area contributed by atoms with Gasteiger partial charge in [-0.2, -0.15) is 0 Å². The Morgan fingerprint density at radius 2 is 1.60 bits per heavy atom. The fraction of sp³-hybridized carbons (Fsp3) is 0.471. The molecule has 8 heteroatoms. The number of nitrogens with one attached hydrogen (secondary N) is 2. The number of carbonyl (C=O) groups is 3. The molecule has 0 aliphatic rings. The van der Waals surface area contributed by atoms with E-state index in [4.69, 9.17) is 9.47 Å². The summed E-state index contributed by atoms with van der Waals surface area (Å²) in [6, 6.07) is 6.02. The molecular formula is C17H24N2O6. The lowest BCUT2D eigenvalue weighted by Crippen LogP contribution is -2.37. The number of ether oxygens (including phenoxy) is 3. The summed E-state index contributed by atoms with van der Waals surface area (Å²) in [5.41, 5.74) is -0.172. The van der Waals surface area contributed by atoms with E-state index < -0.39 is 17.8 Å². The van der Waals surface area contributed by atoms with Crippen molar-refractivity contribution in [1.29, 1.82) is 0 Å². The highest BCUT2D eigenvalue weighted by molar-refractivity contribution is 5.94. The second-order valence-corrected chi connectivity index (χ2v) is 5.99. The molecule has 138 valence electrons. The van der Waals surface area contributed by atoms with Gasteiger partial charge in [0.15, 0.2) is 0 Å². The van der Waals surface area contributed by atoms with Crippen LogP contribution in [0.25, 0.3) is 0 Å². The Kier molecular flexibility index (Phi) is 7.71.